The molecular weight excluding hydrogens is 230 g/mol. The van der Waals surface area contributed by atoms with Gasteiger partial charge in [-0.1, -0.05) is 34.3 Å². The summed E-state index contributed by atoms with van der Waals surface area (Å²) in [5, 5.41) is 7.91. The first-order valence-corrected chi connectivity index (χ1v) is 5.69. The number of hydrogen-bond donors (Lipinski definition) is 1. The van der Waals surface area contributed by atoms with Gasteiger partial charge in [0.25, 0.3) is 0 Å². The van der Waals surface area contributed by atoms with Gasteiger partial charge in [0.15, 0.2) is 0 Å². The summed E-state index contributed by atoms with van der Waals surface area (Å²) in [7, 11) is 1.90. The Morgan fingerprint density at radius 1 is 1.40 bits per heavy atom. The minimum absolute atomic E-state index is 0.711. The molecule has 0 saturated heterocycles. The topological polar surface area (TPSA) is 37.8 Å². The maximum absolute atomic E-state index is 6.10. The standard InChI is InChI=1S/C10H10ClN3S/c1-12-6-9-10(13-14-15-9)7-4-2-3-5-8(7)11/h2-5,12H,6H2,1H3. The molecular formula is C10H10ClN3S. The van der Waals surface area contributed by atoms with Crippen molar-refractivity contribution in [3.05, 3.63) is 34.2 Å². The van der Waals surface area contributed by atoms with Crippen LogP contribution < -0.4 is 5.32 Å². The Hall–Kier alpha value is -0.970. The molecule has 3 nitrogen and oxygen atoms in total. The predicted octanol–water partition coefficient (Wildman–Crippen LogP) is 2.58. The molecule has 0 spiro atoms. The number of rotatable bonds is 3. The van der Waals surface area contributed by atoms with Crippen LogP contribution in [0.1, 0.15) is 4.88 Å². The van der Waals surface area contributed by atoms with Gasteiger partial charge in [0.05, 0.1) is 9.90 Å². The molecule has 2 aromatic rings. The first-order chi connectivity index (χ1) is 7.33. The zero-order valence-corrected chi connectivity index (χ0v) is 9.77. The van der Waals surface area contributed by atoms with E-state index in [1.807, 2.05) is 31.3 Å². The van der Waals surface area contributed by atoms with Gasteiger partial charge in [-0.15, -0.1) is 5.10 Å². The van der Waals surface area contributed by atoms with Crippen molar-refractivity contribution in [3.8, 4) is 11.3 Å². The summed E-state index contributed by atoms with van der Waals surface area (Å²) in [6.45, 7) is 0.762. The van der Waals surface area contributed by atoms with Gasteiger partial charge >= 0.3 is 0 Å². The average molecular weight is 240 g/mol. The summed E-state index contributed by atoms with van der Waals surface area (Å²) in [5.41, 5.74) is 1.82. The van der Waals surface area contributed by atoms with Crippen LogP contribution >= 0.6 is 23.1 Å². The van der Waals surface area contributed by atoms with Gasteiger partial charge in [-0.05, 0) is 24.6 Å². The predicted molar refractivity (Wildman–Crippen MR) is 63.1 cm³/mol. The highest BCUT2D eigenvalue weighted by Gasteiger charge is 2.11. The minimum Gasteiger partial charge on any atom is -0.315 e. The number of nitrogens with zero attached hydrogens (tertiary/aromatic N) is 2. The number of benzene rings is 1. The molecule has 1 heterocycles. The van der Waals surface area contributed by atoms with Gasteiger partial charge in [-0.3, -0.25) is 0 Å². The molecule has 0 radical (unpaired) electrons. The fourth-order valence-electron chi connectivity index (χ4n) is 1.34. The summed E-state index contributed by atoms with van der Waals surface area (Å²) < 4.78 is 3.95. The highest BCUT2D eigenvalue weighted by atomic mass is 35.5. The minimum atomic E-state index is 0.711. The van der Waals surface area contributed by atoms with E-state index in [4.69, 9.17) is 11.6 Å². The monoisotopic (exact) mass is 239 g/mol. The molecule has 0 saturated carbocycles. The SMILES string of the molecule is CNCc1snnc1-c1ccccc1Cl. The van der Waals surface area contributed by atoms with Crippen molar-refractivity contribution in [3.63, 3.8) is 0 Å². The lowest BCUT2D eigenvalue weighted by molar-refractivity contribution is 0.830. The first kappa shape index (κ1) is 10.5. The Bertz CT molecular complexity index is 455. The molecule has 78 valence electrons. The Kier molecular flexibility index (Phi) is 3.30. The molecule has 2 rings (SSSR count). The zero-order chi connectivity index (χ0) is 10.7. The van der Waals surface area contributed by atoms with Gasteiger partial charge in [0.2, 0.25) is 0 Å². The second kappa shape index (κ2) is 4.70. The van der Waals surface area contributed by atoms with Crippen LogP contribution in [0.4, 0.5) is 0 Å². The Morgan fingerprint density at radius 3 is 2.93 bits per heavy atom. The molecule has 0 aliphatic heterocycles. The fourth-order valence-corrected chi connectivity index (χ4v) is 2.24. The third-order valence-electron chi connectivity index (χ3n) is 2.02. The van der Waals surface area contributed by atoms with Gasteiger partial charge < -0.3 is 5.32 Å². The molecule has 0 atom stereocenters. The molecule has 0 amide bonds. The van der Waals surface area contributed by atoms with Crippen LogP contribution in [0.15, 0.2) is 24.3 Å². The largest absolute Gasteiger partial charge is 0.315 e. The average Bonchev–Trinajstić information content (AvgIpc) is 2.67. The molecule has 0 unspecified atom stereocenters. The van der Waals surface area contributed by atoms with Gasteiger partial charge in [-0.2, -0.15) is 0 Å². The molecule has 0 fully saturated rings. The van der Waals surface area contributed by atoms with Crippen LogP contribution in [0.25, 0.3) is 11.3 Å². The van der Waals surface area contributed by atoms with E-state index in [1.54, 1.807) is 0 Å². The number of aromatic nitrogens is 2. The molecule has 5 heteroatoms. The third kappa shape index (κ3) is 2.17. The normalized spacial score (nSPS) is 10.5. The van der Waals surface area contributed by atoms with E-state index in [0.717, 1.165) is 22.7 Å². The number of hydrogen-bond acceptors (Lipinski definition) is 4. The fraction of sp³-hybridized carbons (Fsp3) is 0.200. The lowest BCUT2D eigenvalue weighted by Crippen LogP contribution is -2.04. The summed E-state index contributed by atoms with van der Waals surface area (Å²) in [5.74, 6) is 0. The third-order valence-corrected chi connectivity index (χ3v) is 3.07. The van der Waals surface area contributed by atoms with E-state index < -0.39 is 0 Å². The smallest absolute Gasteiger partial charge is 0.111 e. The van der Waals surface area contributed by atoms with Crippen molar-refractivity contribution in [1.82, 2.24) is 14.9 Å². The van der Waals surface area contributed by atoms with Crippen molar-refractivity contribution in [2.24, 2.45) is 0 Å². The second-order valence-corrected chi connectivity index (χ2v) is 4.30. The van der Waals surface area contributed by atoms with Crippen LogP contribution in [-0.2, 0) is 6.54 Å². The summed E-state index contributed by atoms with van der Waals surface area (Å²) in [6, 6.07) is 7.67. The first-order valence-electron chi connectivity index (χ1n) is 4.53. The molecule has 0 aliphatic rings. The van der Waals surface area contributed by atoms with Crippen LogP contribution in [0, 0.1) is 0 Å². The Labute approximate surface area is 97.3 Å². The highest BCUT2D eigenvalue weighted by molar-refractivity contribution is 7.06. The van der Waals surface area contributed by atoms with E-state index in [-0.39, 0.29) is 0 Å². The van der Waals surface area contributed by atoms with Crippen molar-refractivity contribution in [1.29, 1.82) is 0 Å². The van der Waals surface area contributed by atoms with Gasteiger partial charge in [-0.25, -0.2) is 0 Å². The lowest BCUT2D eigenvalue weighted by Gasteiger charge is -2.02. The Balaban J connectivity index is 2.45. The van der Waals surface area contributed by atoms with Gasteiger partial charge in [0, 0.05) is 12.1 Å². The van der Waals surface area contributed by atoms with E-state index in [0.29, 0.717) is 5.02 Å². The zero-order valence-electron chi connectivity index (χ0n) is 8.20. The molecule has 1 N–H and O–H groups in total. The molecule has 0 bridgehead atoms. The molecule has 0 aliphatic carbocycles. The molecule has 15 heavy (non-hydrogen) atoms. The van der Waals surface area contributed by atoms with E-state index in [9.17, 15) is 0 Å². The van der Waals surface area contributed by atoms with Crippen LogP contribution in [0.3, 0.4) is 0 Å². The van der Waals surface area contributed by atoms with E-state index in [1.165, 1.54) is 11.5 Å². The molecule has 1 aromatic heterocycles. The van der Waals surface area contributed by atoms with Crippen molar-refractivity contribution < 1.29 is 0 Å². The quantitative estimate of drug-likeness (QED) is 0.895. The van der Waals surface area contributed by atoms with E-state index in [2.05, 4.69) is 14.9 Å². The number of nitrogens with one attached hydrogen (secondary N) is 1. The summed E-state index contributed by atoms with van der Waals surface area (Å²) >= 11 is 7.50. The van der Waals surface area contributed by atoms with Crippen LogP contribution in [0.5, 0.6) is 0 Å². The number of halogens is 1. The van der Waals surface area contributed by atoms with Crippen molar-refractivity contribution in [2.75, 3.05) is 7.05 Å². The molecule has 1 aromatic carbocycles. The summed E-state index contributed by atoms with van der Waals surface area (Å²) in [6.07, 6.45) is 0. The second-order valence-electron chi connectivity index (χ2n) is 3.05. The van der Waals surface area contributed by atoms with Gasteiger partial charge in [0.1, 0.15) is 5.69 Å². The van der Waals surface area contributed by atoms with Crippen molar-refractivity contribution in [2.45, 2.75) is 6.54 Å². The van der Waals surface area contributed by atoms with E-state index >= 15 is 0 Å². The van der Waals surface area contributed by atoms with Crippen LogP contribution in [-0.4, -0.2) is 16.6 Å². The maximum atomic E-state index is 6.10. The van der Waals surface area contributed by atoms with Crippen molar-refractivity contribution >= 4 is 23.1 Å². The summed E-state index contributed by atoms with van der Waals surface area (Å²) in [4.78, 5) is 1.10. The lowest BCUT2D eigenvalue weighted by atomic mass is 10.1. The Morgan fingerprint density at radius 2 is 2.20 bits per heavy atom. The highest BCUT2D eigenvalue weighted by Crippen LogP contribution is 2.29. The van der Waals surface area contributed by atoms with Crippen LogP contribution in [0.2, 0.25) is 5.02 Å². The maximum Gasteiger partial charge on any atom is 0.111 e.